The molecule has 122 valence electrons. The smallest absolute Gasteiger partial charge is 0.120 e. The molecule has 4 rings (SSSR count). The molecule has 0 saturated carbocycles. The van der Waals surface area contributed by atoms with Crippen LogP contribution in [0.3, 0.4) is 0 Å². The molecule has 0 saturated heterocycles. The summed E-state index contributed by atoms with van der Waals surface area (Å²) in [4.78, 5) is 0. The van der Waals surface area contributed by atoms with Gasteiger partial charge in [0.25, 0.3) is 0 Å². The van der Waals surface area contributed by atoms with Gasteiger partial charge in [0.05, 0.1) is 6.04 Å². The van der Waals surface area contributed by atoms with Crippen molar-refractivity contribution in [1.82, 2.24) is 0 Å². The molecular formula is C22H23NO. The summed E-state index contributed by atoms with van der Waals surface area (Å²) in [5.41, 5.74) is 5.34. The molecule has 2 aromatic rings. The van der Waals surface area contributed by atoms with E-state index in [1.807, 2.05) is 6.07 Å². The van der Waals surface area contributed by atoms with Crippen LogP contribution in [0, 0.1) is 12.8 Å². The number of rotatable bonds is 4. The first-order chi connectivity index (χ1) is 11.8. The molecule has 1 N–H and O–H groups in total. The van der Waals surface area contributed by atoms with Crippen LogP contribution >= 0.6 is 0 Å². The van der Waals surface area contributed by atoms with Gasteiger partial charge in [-0.25, -0.2) is 0 Å². The van der Waals surface area contributed by atoms with Crippen molar-refractivity contribution in [2.45, 2.75) is 25.3 Å². The molecule has 0 bridgehead atoms. The average molecular weight is 317 g/mol. The second-order valence-electron chi connectivity index (χ2n) is 6.68. The molecule has 3 unspecified atom stereocenters. The van der Waals surface area contributed by atoms with Gasteiger partial charge in [-0.2, -0.15) is 0 Å². The number of hydrogen-bond acceptors (Lipinski definition) is 2. The van der Waals surface area contributed by atoms with Crippen LogP contribution in [0.4, 0.5) is 5.69 Å². The summed E-state index contributed by atoms with van der Waals surface area (Å²) in [6.45, 7) is 6.47. The molecule has 0 amide bonds. The zero-order chi connectivity index (χ0) is 16.5. The van der Waals surface area contributed by atoms with Crippen molar-refractivity contribution in [3.8, 4) is 5.75 Å². The fourth-order valence-electron chi connectivity index (χ4n) is 4.06. The highest BCUT2D eigenvalue weighted by molar-refractivity contribution is 5.62. The summed E-state index contributed by atoms with van der Waals surface area (Å²) in [5.74, 6) is 1.94. The predicted octanol–water partition coefficient (Wildman–Crippen LogP) is 5.39. The summed E-state index contributed by atoms with van der Waals surface area (Å²) in [6, 6.07) is 15.5. The van der Waals surface area contributed by atoms with Crippen LogP contribution < -0.4 is 10.1 Å². The Balaban J connectivity index is 1.72. The number of nitrogens with one attached hydrogen (secondary N) is 1. The van der Waals surface area contributed by atoms with Gasteiger partial charge in [-0.05, 0) is 54.2 Å². The number of aryl methyl sites for hydroxylation is 1. The maximum Gasteiger partial charge on any atom is 0.120 e. The van der Waals surface area contributed by atoms with E-state index in [0.29, 0.717) is 24.5 Å². The molecule has 24 heavy (non-hydrogen) atoms. The van der Waals surface area contributed by atoms with Gasteiger partial charge in [0.2, 0.25) is 0 Å². The Bertz CT molecular complexity index is 792. The topological polar surface area (TPSA) is 21.3 Å². The maximum absolute atomic E-state index is 5.73. The first-order valence-electron chi connectivity index (χ1n) is 8.64. The molecule has 0 radical (unpaired) electrons. The Morgan fingerprint density at radius 1 is 1.21 bits per heavy atom. The highest BCUT2D eigenvalue weighted by atomic mass is 16.5. The monoisotopic (exact) mass is 317 g/mol. The fourth-order valence-corrected chi connectivity index (χ4v) is 4.06. The van der Waals surface area contributed by atoms with Crippen molar-refractivity contribution in [2.75, 3.05) is 11.9 Å². The molecule has 2 aromatic carbocycles. The first kappa shape index (κ1) is 15.1. The number of allylic oxidation sites excluding steroid dienone is 2. The van der Waals surface area contributed by atoms with E-state index in [-0.39, 0.29) is 0 Å². The van der Waals surface area contributed by atoms with Gasteiger partial charge in [0, 0.05) is 11.6 Å². The molecule has 0 fully saturated rings. The second kappa shape index (κ2) is 6.20. The van der Waals surface area contributed by atoms with E-state index in [0.717, 1.165) is 12.2 Å². The van der Waals surface area contributed by atoms with E-state index in [4.69, 9.17) is 4.74 Å². The van der Waals surface area contributed by atoms with Crippen LogP contribution in [0.2, 0.25) is 0 Å². The number of hydrogen-bond donors (Lipinski definition) is 1. The Morgan fingerprint density at radius 3 is 2.92 bits per heavy atom. The van der Waals surface area contributed by atoms with Gasteiger partial charge in [-0.15, -0.1) is 0 Å². The van der Waals surface area contributed by atoms with E-state index in [1.165, 1.54) is 22.4 Å². The zero-order valence-electron chi connectivity index (χ0n) is 14.0. The van der Waals surface area contributed by atoms with Crippen molar-refractivity contribution in [2.24, 2.45) is 5.92 Å². The van der Waals surface area contributed by atoms with Crippen molar-refractivity contribution in [3.05, 3.63) is 84.0 Å². The highest BCUT2D eigenvalue weighted by Gasteiger charge is 2.38. The van der Waals surface area contributed by atoms with Crippen LogP contribution in [0.5, 0.6) is 5.75 Å². The Morgan fingerprint density at radius 2 is 2.08 bits per heavy atom. The van der Waals surface area contributed by atoms with Gasteiger partial charge < -0.3 is 10.1 Å². The standard InChI is InChI=1S/C22H23NO/c1-3-13-24-16-11-12-21-20(14-16)18-9-6-10-19(18)22(23-21)17-8-5-4-7-15(17)2/h3-9,11-12,14,18-19,22-23H,1,10,13H2,2H3. The minimum Gasteiger partial charge on any atom is -0.490 e. The van der Waals surface area contributed by atoms with Gasteiger partial charge in [-0.1, -0.05) is 49.1 Å². The molecule has 2 aliphatic rings. The molecule has 1 aliphatic carbocycles. The lowest BCUT2D eigenvalue weighted by Gasteiger charge is -2.38. The Hall–Kier alpha value is -2.48. The van der Waals surface area contributed by atoms with E-state index >= 15 is 0 Å². The quantitative estimate of drug-likeness (QED) is 0.764. The summed E-state index contributed by atoms with van der Waals surface area (Å²) < 4.78 is 5.73. The zero-order valence-corrected chi connectivity index (χ0v) is 14.0. The summed E-state index contributed by atoms with van der Waals surface area (Å²) >= 11 is 0. The van der Waals surface area contributed by atoms with E-state index in [2.05, 4.69) is 67.4 Å². The van der Waals surface area contributed by atoms with Crippen LogP contribution in [-0.2, 0) is 0 Å². The van der Waals surface area contributed by atoms with Crippen LogP contribution in [0.15, 0.2) is 67.3 Å². The van der Waals surface area contributed by atoms with Crippen molar-refractivity contribution in [1.29, 1.82) is 0 Å². The molecule has 1 heterocycles. The molecule has 0 spiro atoms. The average Bonchev–Trinajstić information content (AvgIpc) is 3.10. The van der Waals surface area contributed by atoms with Gasteiger partial charge in [0.1, 0.15) is 12.4 Å². The molecule has 3 atom stereocenters. The normalized spacial score (nSPS) is 24.0. The summed E-state index contributed by atoms with van der Waals surface area (Å²) in [6.07, 6.45) is 7.60. The molecular weight excluding hydrogens is 294 g/mol. The molecule has 2 nitrogen and oxygen atoms in total. The third kappa shape index (κ3) is 2.52. The molecule has 0 aromatic heterocycles. The van der Waals surface area contributed by atoms with E-state index in [1.54, 1.807) is 6.08 Å². The minimum atomic E-state index is 0.360. The molecule has 2 heteroatoms. The van der Waals surface area contributed by atoms with Crippen molar-refractivity contribution in [3.63, 3.8) is 0 Å². The minimum absolute atomic E-state index is 0.360. The third-order valence-corrected chi connectivity index (χ3v) is 5.23. The van der Waals surface area contributed by atoms with Crippen LogP contribution in [-0.4, -0.2) is 6.61 Å². The first-order valence-corrected chi connectivity index (χ1v) is 8.64. The van der Waals surface area contributed by atoms with Crippen LogP contribution in [0.25, 0.3) is 0 Å². The lowest BCUT2D eigenvalue weighted by Crippen LogP contribution is -2.29. The fraction of sp³-hybridized carbons (Fsp3) is 0.273. The predicted molar refractivity (Wildman–Crippen MR) is 99.7 cm³/mol. The second-order valence-corrected chi connectivity index (χ2v) is 6.68. The van der Waals surface area contributed by atoms with Gasteiger partial charge in [0.15, 0.2) is 0 Å². The van der Waals surface area contributed by atoms with Crippen molar-refractivity contribution < 1.29 is 4.74 Å². The van der Waals surface area contributed by atoms with E-state index < -0.39 is 0 Å². The lowest BCUT2D eigenvalue weighted by atomic mass is 9.76. The maximum atomic E-state index is 5.73. The van der Waals surface area contributed by atoms with Gasteiger partial charge >= 0.3 is 0 Å². The number of ether oxygens (including phenoxy) is 1. The molecule has 1 aliphatic heterocycles. The third-order valence-electron chi connectivity index (χ3n) is 5.23. The highest BCUT2D eigenvalue weighted by Crippen LogP contribution is 2.50. The Labute approximate surface area is 143 Å². The van der Waals surface area contributed by atoms with E-state index in [9.17, 15) is 0 Å². The van der Waals surface area contributed by atoms with Crippen molar-refractivity contribution >= 4 is 5.69 Å². The number of benzene rings is 2. The number of fused-ring (bicyclic) bond motifs is 3. The number of anilines is 1. The SMILES string of the molecule is C=CCOc1ccc2c(c1)C1C=CCC1C(c1ccccc1C)N2. The summed E-state index contributed by atoms with van der Waals surface area (Å²) in [7, 11) is 0. The van der Waals surface area contributed by atoms with Gasteiger partial charge in [-0.3, -0.25) is 0 Å². The Kier molecular flexibility index (Phi) is 3.89. The lowest BCUT2D eigenvalue weighted by molar-refractivity contribution is 0.361. The largest absolute Gasteiger partial charge is 0.490 e. The van der Waals surface area contributed by atoms with Crippen LogP contribution in [0.1, 0.15) is 35.1 Å². The summed E-state index contributed by atoms with van der Waals surface area (Å²) in [5, 5.41) is 3.79.